The molecule has 5 nitrogen and oxygen atoms in total. The molecule has 0 saturated carbocycles. The summed E-state index contributed by atoms with van der Waals surface area (Å²) >= 11 is 3.39. The van der Waals surface area contributed by atoms with Crippen molar-refractivity contribution in [1.82, 2.24) is 9.55 Å². The number of benzene rings is 1. The van der Waals surface area contributed by atoms with Crippen LogP contribution < -0.4 is 9.47 Å². The van der Waals surface area contributed by atoms with E-state index in [1.54, 1.807) is 31.8 Å². The highest BCUT2D eigenvalue weighted by molar-refractivity contribution is 9.10. The van der Waals surface area contributed by atoms with Gasteiger partial charge in [-0.05, 0) is 35.0 Å². The number of imidazole rings is 1. The number of rotatable bonds is 6. The maximum absolute atomic E-state index is 10.8. The molecule has 0 amide bonds. The summed E-state index contributed by atoms with van der Waals surface area (Å²) in [4.78, 5) is 14.9. The summed E-state index contributed by atoms with van der Waals surface area (Å²) in [7, 11) is 1.54. The Labute approximate surface area is 125 Å². The quantitative estimate of drug-likeness (QED) is 0.759. The molecular formula is C14H15BrN2O3. The van der Waals surface area contributed by atoms with E-state index in [1.807, 2.05) is 11.5 Å². The molecule has 0 bridgehead atoms. The van der Waals surface area contributed by atoms with Crippen LogP contribution >= 0.6 is 15.9 Å². The smallest absolute Gasteiger partial charge is 0.175 e. The molecule has 20 heavy (non-hydrogen) atoms. The number of hydrogen-bond acceptors (Lipinski definition) is 4. The minimum Gasteiger partial charge on any atom is -0.493 e. The highest BCUT2D eigenvalue weighted by atomic mass is 79.9. The second-order valence-electron chi connectivity index (χ2n) is 4.11. The molecule has 0 aliphatic rings. The first-order chi connectivity index (χ1) is 9.69. The summed E-state index contributed by atoms with van der Waals surface area (Å²) in [6.07, 6.45) is 4.30. The van der Waals surface area contributed by atoms with Gasteiger partial charge in [0.15, 0.2) is 11.5 Å². The molecule has 0 N–H and O–H groups in total. The van der Waals surface area contributed by atoms with Crippen molar-refractivity contribution < 1.29 is 14.3 Å². The van der Waals surface area contributed by atoms with E-state index in [9.17, 15) is 4.79 Å². The monoisotopic (exact) mass is 338 g/mol. The Kier molecular flexibility index (Phi) is 4.79. The average molecular weight is 339 g/mol. The molecule has 0 atom stereocenters. The molecular weight excluding hydrogens is 324 g/mol. The summed E-state index contributed by atoms with van der Waals surface area (Å²) in [6.45, 7) is 3.25. The van der Waals surface area contributed by atoms with Crippen LogP contribution in [0.4, 0.5) is 0 Å². The zero-order valence-electron chi connectivity index (χ0n) is 11.3. The van der Waals surface area contributed by atoms with Gasteiger partial charge in [-0.25, -0.2) is 4.98 Å². The Morgan fingerprint density at radius 1 is 1.45 bits per heavy atom. The lowest BCUT2D eigenvalue weighted by atomic mass is 10.2. The third kappa shape index (κ3) is 3.01. The lowest BCUT2D eigenvalue weighted by molar-refractivity contribution is 0.112. The number of nitrogens with zero attached hydrogens (tertiary/aromatic N) is 2. The van der Waals surface area contributed by atoms with E-state index in [0.717, 1.165) is 18.5 Å². The third-order valence-electron chi connectivity index (χ3n) is 2.89. The maximum Gasteiger partial charge on any atom is 0.175 e. The van der Waals surface area contributed by atoms with Crippen molar-refractivity contribution in [3.05, 3.63) is 40.4 Å². The Balaban J connectivity index is 2.23. The van der Waals surface area contributed by atoms with Crippen LogP contribution in [0.2, 0.25) is 0 Å². The molecule has 1 heterocycles. The van der Waals surface area contributed by atoms with Crippen molar-refractivity contribution in [2.45, 2.75) is 20.1 Å². The second-order valence-corrected chi connectivity index (χ2v) is 4.97. The third-order valence-corrected chi connectivity index (χ3v) is 3.48. The van der Waals surface area contributed by atoms with Gasteiger partial charge in [0.2, 0.25) is 0 Å². The van der Waals surface area contributed by atoms with Crippen molar-refractivity contribution in [3.8, 4) is 11.5 Å². The number of hydrogen-bond donors (Lipinski definition) is 0. The predicted molar refractivity (Wildman–Crippen MR) is 78.3 cm³/mol. The van der Waals surface area contributed by atoms with Crippen molar-refractivity contribution in [1.29, 1.82) is 0 Å². The maximum atomic E-state index is 10.8. The van der Waals surface area contributed by atoms with Crippen molar-refractivity contribution in [3.63, 3.8) is 0 Å². The molecule has 1 aromatic heterocycles. The van der Waals surface area contributed by atoms with Crippen LogP contribution in [0.15, 0.2) is 29.1 Å². The fourth-order valence-electron chi connectivity index (χ4n) is 1.85. The zero-order valence-corrected chi connectivity index (χ0v) is 12.9. The van der Waals surface area contributed by atoms with Crippen LogP contribution in [0, 0.1) is 0 Å². The number of carbonyl (C=O) groups is 1. The van der Waals surface area contributed by atoms with Crippen LogP contribution in [-0.2, 0) is 13.2 Å². The molecule has 0 aliphatic heterocycles. The summed E-state index contributed by atoms with van der Waals surface area (Å²) < 4.78 is 13.7. The van der Waals surface area contributed by atoms with Gasteiger partial charge in [0.1, 0.15) is 12.9 Å². The van der Waals surface area contributed by atoms with Gasteiger partial charge in [-0.15, -0.1) is 0 Å². The molecule has 6 heteroatoms. The minimum atomic E-state index is 0.378. The van der Waals surface area contributed by atoms with E-state index in [2.05, 4.69) is 20.9 Å². The van der Waals surface area contributed by atoms with Gasteiger partial charge in [0, 0.05) is 12.1 Å². The fourth-order valence-corrected chi connectivity index (χ4v) is 2.42. The zero-order chi connectivity index (χ0) is 14.5. The molecule has 2 aromatic rings. The number of aldehydes is 1. The van der Waals surface area contributed by atoms with Crippen LogP contribution in [0.1, 0.15) is 23.0 Å². The highest BCUT2D eigenvalue weighted by Crippen LogP contribution is 2.36. The summed E-state index contributed by atoms with van der Waals surface area (Å²) in [5.74, 6) is 1.09. The van der Waals surface area contributed by atoms with Crippen molar-refractivity contribution >= 4 is 22.2 Å². The van der Waals surface area contributed by atoms with Gasteiger partial charge in [-0.3, -0.25) is 4.79 Å². The SMILES string of the molecule is CCn1cncc1COc1c(Br)cc(C=O)cc1OC. The first kappa shape index (κ1) is 14.6. The topological polar surface area (TPSA) is 53.4 Å². The molecule has 2 rings (SSSR count). The minimum absolute atomic E-state index is 0.378. The van der Waals surface area contributed by atoms with Crippen LogP contribution in [-0.4, -0.2) is 22.9 Å². The Hall–Kier alpha value is -1.82. The first-order valence-electron chi connectivity index (χ1n) is 6.14. The van der Waals surface area contributed by atoms with Gasteiger partial charge in [0.25, 0.3) is 0 Å². The van der Waals surface area contributed by atoms with Crippen LogP contribution in [0.5, 0.6) is 11.5 Å². The van der Waals surface area contributed by atoms with Gasteiger partial charge >= 0.3 is 0 Å². The molecule has 0 aliphatic carbocycles. The molecule has 106 valence electrons. The van der Waals surface area contributed by atoms with E-state index >= 15 is 0 Å². The predicted octanol–water partition coefficient (Wildman–Crippen LogP) is 3.07. The number of aryl methyl sites for hydroxylation is 1. The molecule has 0 unspecified atom stereocenters. The van der Waals surface area contributed by atoms with Crippen LogP contribution in [0.3, 0.4) is 0 Å². The lowest BCUT2D eigenvalue weighted by Crippen LogP contribution is -2.05. The number of ether oxygens (including phenoxy) is 2. The Bertz CT molecular complexity index is 610. The van der Waals surface area contributed by atoms with E-state index in [4.69, 9.17) is 9.47 Å². The van der Waals surface area contributed by atoms with Crippen LogP contribution in [0.25, 0.3) is 0 Å². The molecule has 0 spiro atoms. The summed E-state index contributed by atoms with van der Waals surface area (Å²) in [5.41, 5.74) is 1.50. The fraction of sp³-hybridized carbons (Fsp3) is 0.286. The van der Waals surface area contributed by atoms with E-state index in [0.29, 0.717) is 28.1 Å². The second kappa shape index (κ2) is 6.56. The largest absolute Gasteiger partial charge is 0.493 e. The average Bonchev–Trinajstić information content (AvgIpc) is 2.92. The molecule has 0 fully saturated rings. The molecule has 1 aromatic carbocycles. The van der Waals surface area contributed by atoms with E-state index < -0.39 is 0 Å². The van der Waals surface area contributed by atoms with E-state index in [1.165, 1.54) is 0 Å². The Morgan fingerprint density at radius 3 is 2.90 bits per heavy atom. The lowest BCUT2D eigenvalue weighted by Gasteiger charge is -2.13. The standard InChI is InChI=1S/C14H15BrN2O3/c1-3-17-9-16-6-11(17)8-20-14-12(15)4-10(7-18)5-13(14)19-2/h4-7,9H,3,8H2,1-2H3. The van der Waals surface area contributed by atoms with Crippen molar-refractivity contribution in [2.75, 3.05) is 7.11 Å². The normalized spacial score (nSPS) is 10.3. The molecule has 0 radical (unpaired) electrons. The van der Waals surface area contributed by atoms with E-state index in [-0.39, 0.29) is 0 Å². The number of aromatic nitrogens is 2. The number of methoxy groups -OCH3 is 1. The summed E-state index contributed by atoms with van der Waals surface area (Å²) in [5, 5.41) is 0. The van der Waals surface area contributed by atoms with Gasteiger partial charge in [-0.1, -0.05) is 0 Å². The highest BCUT2D eigenvalue weighted by Gasteiger charge is 2.12. The summed E-state index contributed by atoms with van der Waals surface area (Å²) in [6, 6.07) is 3.34. The number of carbonyl (C=O) groups excluding carboxylic acids is 1. The first-order valence-corrected chi connectivity index (χ1v) is 6.93. The van der Waals surface area contributed by atoms with Gasteiger partial charge in [0.05, 0.1) is 29.8 Å². The van der Waals surface area contributed by atoms with Gasteiger partial charge in [-0.2, -0.15) is 0 Å². The number of halogens is 1. The molecule has 0 saturated heterocycles. The van der Waals surface area contributed by atoms with Crippen molar-refractivity contribution in [2.24, 2.45) is 0 Å². The Morgan fingerprint density at radius 2 is 2.25 bits per heavy atom. The van der Waals surface area contributed by atoms with Gasteiger partial charge < -0.3 is 14.0 Å².